The molecule has 1 amide bonds. The molecule has 2 rings (SSSR count). The van der Waals surface area contributed by atoms with Gasteiger partial charge in [-0.05, 0) is 31.0 Å². The fraction of sp³-hybridized carbons (Fsp3) is 0.500. The van der Waals surface area contributed by atoms with Gasteiger partial charge in [0.25, 0.3) is 5.91 Å². The molecule has 6 nitrogen and oxygen atoms in total. The van der Waals surface area contributed by atoms with Crippen molar-refractivity contribution in [2.45, 2.75) is 45.6 Å². The molecule has 24 heavy (non-hydrogen) atoms. The van der Waals surface area contributed by atoms with Gasteiger partial charge in [-0.25, -0.2) is 0 Å². The van der Waals surface area contributed by atoms with Crippen LogP contribution < -0.4 is 5.73 Å². The highest BCUT2D eigenvalue weighted by Gasteiger charge is 2.37. The van der Waals surface area contributed by atoms with Crippen LogP contribution in [-0.2, 0) is 9.53 Å². The Bertz CT molecular complexity index is 661. The van der Waals surface area contributed by atoms with E-state index in [1.807, 2.05) is 13.8 Å². The van der Waals surface area contributed by atoms with Gasteiger partial charge in [-0.3, -0.25) is 15.0 Å². The van der Waals surface area contributed by atoms with Crippen molar-refractivity contribution in [2.75, 3.05) is 13.1 Å². The molecule has 0 unspecified atom stereocenters. The van der Waals surface area contributed by atoms with Gasteiger partial charge in [0.15, 0.2) is 0 Å². The molecular formula is C18H25N3O3. The summed E-state index contributed by atoms with van der Waals surface area (Å²) in [7, 11) is 0. The Kier molecular flexibility index (Phi) is 5.26. The second kappa shape index (κ2) is 7.03. The summed E-state index contributed by atoms with van der Waals surface area (Å²) < 4.78 is 5.51. The molecular weight excluding hydrogens is 306 g/mol. The Labute approximate surface area is 142 Å². The van der Waals surface area contributed by atoms with Crippen molar-refractivity contribution in [1.82, 2.24) is 4.90 Å². The number of nitrogens with zero attached hydrogens (tertiary/aromatic N) is 1. The van der Waals surface area contributed by atoms with Crippen LogP contribution in [0.25, 0.3) is 0 Å². The van der Waals surface area contributed by atoms with E-state index in [2.05, 4.69) is 0 Å². The minimum atomic E-state index is -0.448. The average molecular weight is 331 g/mol. The topological polar surface area (TPSA) is 96.5 Å². The van der Waals surface area contributed by atoms with Crippen LogP contribution in [0.15, 0.2) is 18.2 Å². The van der Waals surface area contributed by atoms with Gasteiger partial charge in [0, 0.05) is 44.0 Å². The minimum absolute atomic E-state index is 0.0100. The number of nitrogens with one attached hydrogen (secondary N) is 1. The molecule has 0 radical (unpaired) electrons. The molecule has 1 aromatic rings. The van der Waals surface area contributed by atoms with Gasteiger partial charge in [-0.15, -0.1) is 0 Å². The minimum Gasteiger partial charge on any atom is -0.459 e. The predicted molar refractivity (Wildman–Crippen MR) is 92.1 cm³/mol. The third-order valence-corrected chi connectivity index (χ3v) is 4.73. The van der Waals surface area contributed by atoms with Crippen LogP contribution in [0, 0.1) is 12.3 Å². The van der Waals surface area contributed by atoms with Gasteiger partial charge in [-0.2, -0.15) is 0 Å². The normalized spacial score (nSPS) is 16.5. The first-order chi connectivity index (χ1) is 11.3. The maximum atomic E-state index is 12.8. The van der Waals surface area contributed by atoms with Gasteiger partial charge < -0.3 is 15.4 Å². The highest BCUT2D eigenvalue weighted by Crippen LogP contribution is 2.30. The van der Waals surface area contributed by atoms with Crippen molar-refractivity contribution in [3.05, 3.63) is 34.9 Å². The third kappa shape index (κ3) is 3.75. The summed E-state index contributed by atoms with van der Waals surface area (Å²) in [6, 6.07) is 5.18. The molecule has 0 aliphatic carbocycles. The quantitative estimate of drug-likeness (QED) is 0.502. The number of carbonyl (C=O) groups is 2. The van der Waals surface area contributed by atoms with Crippen LogP contribution in [0.1, 0.15) is 54.6 Å². The molecule has 6 heteroatoms. The maximum absolute atomic E-state index is 12.8. The maximum Gasteiger partial charge on any atom is 0.303 e. The molecule has 0 aromatic heterocycles. The standard InChI is InChI=1S/C18H25N3O3/c1-4-18(24-13(3)22)7-9-21(10-8-18)17(23)15-6-5-14(16(19)20)11-12(15)2/h5-6,11H,4,7-10H2,1-3H3,(H3,19,20). The first-order valence-corrected chi connectivity index (χ1v) is 8.22. The van der Waals surface area contributed by atoms with Gasteiger partial charge in [-0.1, -0.05) is 13.0 Å². The second-order valence-corrected chi connectivity index (χ2v) is 6.37. The van der Waals surface area contributed by atoms with Crippen LogP contribution in [0.4, 0.5) is 0 Å². The number of carbonyl (C=O) groups excluding carboxylic acids is 2. The second-order valence-electron chi connectivity index (χ2n) is 6.37. The fourth-order valence-corrected chi connectivity index (χ4v) is 3.19. The summed E-state index contributed by atoms with van der Waals surface area (Å²) in [5, 5.41) is 7.47. The fourth-order valence-electron chi connectivity index (χ4n) is 3.19. The highest BCUT2D eigenvalue weighted by molar-refractivity contribution is 5.99. The van der Waals surface area contributed by atoms with E-state index in [1.54, 1.807) is 23.1 Å². The molecule has 0 bridgehead atoms. The van der Waals surface area contributed by atoms with E-state index in [9.17, 15) is 9.59 Å². The summed E-state index contributed by atoms with van der Waals surface area (Å²) in [6.07, 6.45) is 2.06. The van der Waals surface area contributed by atoms with Crippen molar-refractivity contribution in [2.24, 2.45) is 5.73 Å². The molecule has 3 N–H and O–H groups in total. The molecule has 1 saturated heterocycles. The Morgan fingerprint density at radius 3 is 2.42 bits per heavy atom. The molecule has 0 spiro atoms. The Balaban J connectivity index is 2.10. The van der Waals surface area contributed by atoms with Crippen LogP contribution in [-0.4, -0.2) is 41.3 Å². The van der Waals surface area contributed by atoms with Crippen molar-refractivity contribution < 1.29 is 14.3 Å². The molecule has 1 heterocycles. The number of hydrogen-bond donors (Lipinski definition) is 2. The van der Waals surface area contributed by atoms with Gasteiger partial charge in [0.1, 0.15) is 11.4 Å². The number of aryl methyl sites for hydroxylation is 1. The molecule has 130 valence electrons. The zero-order chi connectivity index (χ0) is 17.9. The van der Waals surface area contributed by atoms with Crippen LogP contribution in [0.5, 0.6) is 0 Å². The summed E-state index contributed by atoms with van der Waals surface area (Å²) >= 11 is 0. The number of nitrogen functional groups attached to an aromatic ring is 1. The molecule has 0 saturated carbocycles. The Hall–Kier alpha value is -2.37. The summed E-state index contributed by atoms with van der Waals surface area (Å²) in [4.78, 5) is 25.9. The number of amidine groups is 1. The van der Waals surface area contributed by atoms with Gasteiger partial charge in [0.05, 0.1) is 0 Å². The number of likely N-dealkylation sites (tertiary alicyclic amines) is 1. The summed E-state index contributed by atoms with van der Waals surface area (Å²) in [6.45, 7) is 6.40. The van der Waals surface area contributed by atoms with Crippen molar-refractivity contribution in [3.63, 3.8) is 0 Å². The molecule has 1 fully saturated rings. The number of hydrogen-bond acceptors (Lipinski definition) is 4. The first kappa shape index (κ1) is 18.0. The molecule has 1 aliphatic heterocycles. The van der Waals surface area contributed by atoms with Crippen LogP contribution in [0.2, 0.25) is 0 Å². The van der Waals surface area contributed by atoms with E-state index in [4.69, 9.17) is 15.9 Å². The lowest BCUT2D eigenvalue weighted by atomic mass is 9.88. The number of esters is 1. The lowest BCUT2D eigenvalue weighted by Crippen LogP contribution is -2.48. The largest absolute Gasteiger partial charge is 0.459 e. The first-order valence-electron chi connectivity index (χ1n) is 8.22. The zero-order valence-electron chi connectivity index (χ0n) is 14.5. The monoisotopic (exact) mass is 331 g/mol. The zero-order valence-corrected chi connectivity index (χ0v) is 14.5. The predicted octanol–water partition coefficient (Wildman–Crippen LogP) is 2.23. The lowest BCUT2D eigenvalue weighted by molar-refractivity contribution is -0.162. The Morgan fingerprint density at radius 2 is 1.96 bits per heavy atom. The number of piperidine rings is 1. The van der Waals surface area contributed by atoms with E-state index in [0.29, 0.717) is 37.1 Å². The number of ether oxygens (including phenoxy) is 1. The van der Waals surface area contributed by atoms with E-state index in [1.165, 1.54) is 6.92 Å². The van der Waals surface area contributed by atoms with Gasteiger partial charge >= 0.3 is 5.97 Å². The summed E-state index contributed by atoms with van der Waals surface area (Å²) in [5.74, 6) is -0.313. The van der Waals surface area contributed by atoms with E-state index >= 15 is 0 Å². The van der Waals surface area contributed by atoms with E-state index in [0.717, 1.165) is 12.0 Å². The van der Waals surface area contributed by atoms with E-state index in [-0.39, 0.29) is 17.7 Å². The number of nitrogens with two attached hydrogens (primary N) is 1. The van der Waals surface area contributed by atoms with Crippen LogP contribution >= 0.6 is 0 Å². The number of amides is 1. The third-order valence-electron chi connectivity index (χ3n) is 4.73. The van der Waals surface area contributed by atoms with Crippen molar-refractivity contribution in [3.8, 4) is 0 Å². The highest BCUT2D eigenvalue weighted by atomic mass is 16.6. The number of rotatable bonds is 4. The number of benzene rings is 1. The summed E-state index contributed by atoms with van der Waals surface area (Å²) in [5.41, 5.74) is 7.08. The Morgan fingerprint density at radius 1 is 1.33 bits per heavy atom. The van der Waals surface area contributed by atoms with Crippen molar-refractivity contribution >= 4 is 17.7 Å². The van der Waals surface area contributed by atoms with Gasteiger partial charge in [0.2, 0.25) is 0 Å². The van der Waals surface area contributed by atoms with Crippen molar-refractivity contribution in [1.29, 1.82) is 5.41 Å². The molecule has 1 aromatic carbocycles. The lowest BCUT2D eigenvalue weighted by Gasteiger charge is -2.40. The molecule has 0 atom stereocenters. The smallest absolute Gasteiger partial charge is 0.303 e. The average Bonchev–Trinajstić information content (AvgIpc) is 2.54. The SMILES string of the molecule is CCC1(OC(C)=O)CCN(C(=O)c2ccc(C(=N)N)cc2C)CC1. The van der Waals surface area contributed by atoms with E-state index < -0.39 is 5.60 Å². The van der Waals surface area contributed by atoms with Crippen LogP contribution in [0.3, 0.4) is 0 Å². The molecule has 1 aliphatic rings.